The van der Waals surface area contributed by atoms with Crippen LogP contribution in [0.1, 0.15) is 16.2 Å². The zero-order valence-electron chi connectivity index (χ0n) is 16.0. The van der Waals surface area contributed by atoms with E-state index in [-0.39, 0.29) is 18.2 Å². The molecule has 0 atom stereocenters. The van der Waals surface area contributed by atoms with Gasteiger partial charge in [-0.1, -0.05) is 18.2 Å². The van der Waals surface area contributed by atoms with Crippen LogP contribution in [-0.4, -0.2) is 39.4 Å². The fourth-order valence-electron chi connectivity index (χ4n) is 3.07. The Kier molecular flexibility index (Phi) is 5.99. The van der Waals surface area contributed by atoms with Crippen LogP contribution in [0.5, 0.6) is 11.5 Å². The molecule has 1 amide bonds. The maximum atomic E-state index is 13.1. The number of nitrogens with zero attached hydrogens (tertiary/aromatic N) is 3. The summed E-state index contributed by atoms with van der Waals surface area (Å²) in [7, 11) is 0. The first-order valence-corrected chi connectivity index (χ1v) is 9.98. The number of carbonyl (C=O) groups excluding carboxylic acids is 1. The summed E-state index contributed by atoms with van der Waals surface area (Å²) in [4.78, 5) is 23.1. The summed E-state index contributed by atoms with van der Waals surface area (Å²) in [5.41, 5.74) is -2.63. The van der Waals surface area contributed by atoms with Crippen molar-refractivity contribution in [2.75, 3.05) is 13.2 Å². The molecule has 6 nitrogen and oxygen atoms in total. The van der Waals surface area contributed by atoms with E-state index < -0.39 is 17.6 Å². The summed E-state index contributed by atoms with van der Waals surface area (Å²) in [5, 5.41) is 0. The molecule has 0 saturated carbocycles. The highest BCUT2D eigenvalue weighted by Gasteiger charge is 2.31. The molecule has 2 aromatic carbocycles. The molecule has 160 valence electrons. The van der Waals surface area contributed by atoms with Gasteiger partial charge in [-0.3, -0.25) is 4.79 Å². The minimum atomic E-state index is -4.48. The van der Waals surface area contributed by atoms with Crippen molar-refractivity contribution >= 4 is 17.9 Å². The first-order chi connectivity index (χ1) is 14.9. The smallest absolute Gasteiger partial charge is 0.479 e. The van der Waals surface area contributed by atoms with Crippen molar-refractivity contribution in [3.05, 3.63) is 72.3 Å². The highest BCUT2D eigenvalue weighted by Crippen LogP contribution is 2.34. The third-order valence-electron chi connectivity index (χ3n) is 4.49. The second-order valence-corrected chi connectivity index (χ2v) is 7.38. The summed E-state index contributed by atoms with van der Waals surface area (Å²) in [6, 6.07) is 13.1. The van der Waals surface area contributed by atoms with Gasteiger partial charge in [0.15, 0.2) is 12.0 Å². The Bertz CT molecular complexity index is 1060. The predicted molar refractivity (Wildman–Crippen MR) is 108 cm³/mol. The number of hydrogen-bond donors (Lipinski definition) is 0. The monoisotopic (exact) mass is 447 g/mol. The summed E-state index contributed by atoms with van der Waals surface area (Å²) in [6.07, 6.45) is 3.24. The summed E-state index contributed by atoms with van der Waals surface area (Å²) in [5.74, 6) is 0.882. The lowest BCUT2D eigenvalue weighted by atomic mass is 10.0. The molecule has 0 saturated heterocycles. The number of fused-ring (bicyclic) bond motifs is 1. The zero-order valence-corrected chi connectivity index (χ0v) is 16.8. The van der Waals surface area contributed by atoms with E-state index in [1.807, 2.05) is 0 Å². The maximum Gasteiger partial charge on any atom is 0.479 e. The average molecular weight is 447 g/mol. The van der Waals surface area contributed by atoms with Crippen LogP contribution in [0, 0.1) is 0 Å². The highest BCUT2D eigenvalue weighted by atomic mass is 32.2. The van der Waals surface area contributed by atoms with Gasteiger partial charge in [-0.15, -0.1) is 0 Å². The maximum absolute atomic E-state index is 13.1. The van der Waals surface area contributed by atoms with Gasteiger partial charge in [0.1, 0.15) is 23.9 Å². The lowest BCUT2D eigenvalue weighted by Crippen LogP contribution is -2.32. The summed E-state index contributed by atoms with van der Waals surface area (Å²) < 4.78 is 47.2. The molecule has 0 radical (unpaired) electrons. The van der Waals surface area contributed by atoms with Crippen LogP contribution >= 0.6 is 12.0 Å². The van der Waals surface area contributed by atoms with Crippen molar-refractivity contribution in [3.63, 3.8) is 0 Å². The van der Waals surface area contributed by atoms with Crippen LogP contribution in [-0.2, 0) is 6.54 Å². The van der Waals surface area contributed by atoms with Crippen LogP contribution in [0.2, 0.25) is 0 Å². The van der Waals surface area contributed by atoms with Crippen molar-refractivity contribution in [1.82, 2.24) is 14.9 Å². The second-order valence-electron chi connectivity index (χ2n) is 6.59. The summed E-state index contributed by atoms with van der Waals surface area (Å²) in [6.45, 7) is 0.993. The first kappa shape index (κ1) is 21.0. The molecular weight excluding hydrogens is 431 g/mol. The molecule has 0 unspecified atom stereocenters. The molecule has 1 aromatic heterocycles. The van der Waals surface area contributed by atoms with Crippen molar-refractivity contribution < 1.29 is 26.9 Å². The van der Waals surface area contributed by atoms with Crippen molar-refractivity contribution in [2.24, 2.45) is 0 Å². The molecule has 2 heterocycles. The Morgan fingerprint density at radius 1 is 1.06 bits per heavy atom. The van der Waals surface area contributed by atoms with Gasteiger partial charge < -0.3 is 13.8 Å². The van der Waals surface area contributed by atoms with Gasteiger partial charge in [0.2, 0.25) is 0 Å². The van der Waals surface area contributed by atoms with Crippen LogP contribution in [0.25, 0.3) is 11.1 Å². The van der Waals surface area contributed by atoms with Gasteiger partial charge in [-0.05, 0) is 41.5 Å². The van der Waals surface area contributed by atoms with E-state index in [0.29, 0.717) is 30.3 Å². The van der Waals surface area contributed by atoms with E-state index >= 15 is 0 Å². The van der Waals surface area contributed by atoms with E-state index in [1.54, 1.807) is 53.7 Å². The fourth-order valence-corrected chi connectivity index (χ4v) is 3.37. The number of rotatable bonds is 5. The SMILES string of the molecule is O=C1c2cc(-c3ccc(OSC(F)(F)F)cc3)ccc2OCCN1Cc1ncccn1. The molecule has 4 rings (SSSR count). The molecule has 31 heavy (non-hydrogen) atoms. The molecule has 1 aliphatic heterocycles. The van der Waals surface area contributed by atoms with Gasteiger partial charge in [0, 0.05) is 12.4 Å². The number of hydrogen-bond acceptors (Lipinski definition) is 6. The molecule has 10 heteroatoms. The van der Waals surface area contributed by atoms with E-state index in [9.17, 15) is 18.0 Å². The number of benzene rings is 2. The van der Waals surface area contributed by atoms with Crippen molar-refractivity contribution in [3.8, 4) is 22.6 Å². The lowest BCUT2D eigenvalue weighted by Gasteiger charge is -2.19. The minimum Gasteiger partial charge on any atom is -0.491 e. The van der Waals surface area contributed by atoms with Gasteiger partial charge in [0.05, 0.1) is 18.7 Å². The minimum absolute atomic E-state index is 0.0780. The number of ether oxygens (including phenoxy) is 1. The quantitative estimate of drug-likeness (QED) is 0.527. The Labute approximate surface area is 180 Å². The molecule has 0 N–H and O–H groups in total. The van der Waals surface area contributed by atoms with Gasteiger partial charge in [-0.25, -0.2) is 9.97 Å². The Hall–Kier alpha value is -3.27. The molecular formula is C21H16F3N3O3S. The highest BCUT2D eigenvalue weighted by molar-refractivity contribution is 7.95. The topological polar surface area (TPSA) is 64.6 Å². The molecule has 0 bridgehead atoms. The second kappa shape index (κ2) is 8.84. The van der Waals surface area contributed by atoms with Crippen molar-refractivity contribution in [2.45, 2.75) is 12.1 Å². The lowest BCUT2D eigenvalue weighted by molar-refractivity contribution is -0.0369. The largest absolute Gasteiger partial charge is 0.491 e. The third-order valence-corrected chi connectivity index (χ3v) is 4.95. The number of carbonyl (C=O) groups is 1. The van der Waals surface area contributed by atoms with Gasteiger partial charge in [0.25, 0.3) is 5.91 Å². The van der Waals surface area contributed by atoms with Gasteiger partial charge >= 0.3 is 5.51 Å². The predicted octanol–water partition coefficient (Wildman–Crippen LogP) is 4.73. The van der Waals surface area contributed by atoms with E-state index in [1.165, 1.54) is 12.1 Å². The zero-order chi connectivity index (χ0) is 21.8. The van der Waals surface area contributed by atoms with E-state index in [4.69, 9.17) is 4.74 Å². The third kappa shape index (κ3) is 5.26. The number of aromatic nitrogens is 2. The standard InChI is InChI=1S/C21H16F3N3O3S/c22-21(23,24)31-30-16-5-2-14(3-6-16)15-4-7-18-17(12-15)20(28)27(10-11-29-18)13-19-25-8-1-9-26-19/h1-9,12H,10-11,13H2. The molecule has 0 spiro atoms. The Balaban J connectivity index is 1.55. The Morgan fingerprint density at radius 3 is 2.48 bits per heavy atom. The number of amides is 1. The molecule has 0 fully saturated rings. The first-order valence-electron chi connectivity index (χ1n) is 9.24. The number of halogens is 3. The Morgan fingerprint density at radius 2 is 1.77 bits per heavy atom. The normalized spacial score (nSPS) is 13.9. The van der Waals surface area contributed by atoms with E-state index in [2.05, 4.69) is 14.2 Å². The average Bonchev–Trinajstić information content (AvgIpc) is 2.92. The van der Waals surface area contributed by atoms with Crippen LogP contribution < -0.4 is 8.92 Å². The van der Waals surface area contributed by atoms with Crippen molar-refractivity contribution in [1.29, 1.82) is 0 Å². The molecule has 1 aliphatic rings. The number of alkyl halides is 3. The van der Waals surface area contributed by atoms with Crippen LogP contribution in [0.4, 0.5) is 13.2 Å². The van der Waals surface area contributed by atoms with Crippen LogP contribution in [0.15, 0.2) is 60.9 Å². The van der Waals surface area contributed by atoms with Gasteiger partial charge in [-0.2, -0.15) is 13.2 Å². The van der Waals surface area contributed by atoms with Crippen LogP contribution in [0.3, 0.4) is 0 Å². The molecule has 0 aliphatic carbocycles. The fraction of sp³-hybridized carbons (Fsp3) is 0.190. The summed E-state index contributed by atoms with van der Waals surface area (Å²) >= 11 is -0.567. The molecule has 3 aromatic rings. The van der Waals surface area contributed by atoms with E-state index in [0.717, 1.165) is 11.1 Å².